The zero-order valence-electron chi connectivity index (χ0n) is 16.6. The fraction of sp³-hybridized carbons (Fsp3) is 0.522. The Bertz CT molecular complexity index is 741. The zero-order chi connectivity index (χ0) is 19.3. The van der Waals surface area contributed by atoms with Gasteiger partial charge in [0.15, 0.2) is 0 Å². The van der Waals surface area contributed by atoms with Crippen molar-refractivity contribution in [1.82, 2.24) is 9.80 Å². The highest BCUT2D eigenvalue weighted by atomic mass is 32.1. The molecule has 0 radical (unpaired) electrons. The Morgan fingerprint density at radius 1 is 1.14 bits per heavy atom. The lowest BCUT2D eigenvalue weighted by atomic mass is 9.78. The molecule has 2 aliphatic rings. The van der Waals surface area contributed by atoms with Gasteiger partial charge in [0.2, 0.25) is 5.91 Å². The van der Waals surface area contributed by atoms with Gasteiger partial charge >= 0.3 is 0 Å². The Balaban J connectivity index is 1.40. The number of rotatable bonds is 6. The molecule has 4 nitrogen and oxygen atoms in total. The van der Waals surface area contributed by atoms with E-state index in [1.165, 1.54) is 5.56 Å². The van der Waals surface area contributed by atoms with Crippen molar-refractivity contribution in [2.45, 2.75) is 26.3 Å². The van der Waals surface area contributed by atoms with Crippen molar-refractivity contribution < 1.29 is 9.53 Å². The lowest BCUT2D eigenvalue weighted by molar-refractivity contribution is -0.130. The van der Waals surface area contributed by atoms with E-state index in [-0.39, 0.29) is 5.91 Å². The molecule has 3 heterocycles. The number of piperidine rings is 1. The van der Waals surface area contributed by atoms with E-state index < -0.39 is 0 Å². The number of benzene rings is 1. The first-order chi connectivity index (χ1) is 13.7. The molecule has 0 N–H and O–H groups in total. The van der Waals surface area contributed by atoms with Gasteiger partial charge in [-0.1, -0.05) is 18.2 Å². The highest BCUT2D eigenvalue weighted by Crippen LogP contribution is 2.37. The maximum Gasteiger partial charge on any atom is 0.219 e. The number of para-hydroxylation sites is 1. The third-order valence-electron chi connectivity index (χ3n) is 6.35. The molecule has 0 saturated carbocycles. The van der Waals surface area contributed by atoms with Crippen molar-refractivity contribution in [3.63, 3.8) is 0 Å². The van der Waals surface area contributed by atoms with E-state index in [2.05, 4.69) is 21.7 Å². The molecule has 2 aliphatic heterocycles. The first kappa shape index (κ1) is 19.5. The topological polar surface area (TPSA) is 32.8 Å². The summed E-state index contributed by atoms with van der Waals surface area (Å²) in [5, 5.41) is 4.42. The highest BCUT2D eigenvalue weighted by molar-refractivity contribution is 7.07. The van der Waals surface area contributed by atoms with E-state index in [1.807, 2.05) is 35.2 Å². The number of thiophene rings is 1. The van der Waals surface area contributed by atoms with Crippen molar-refractivity contribution in [3.8, 4) is 5.75 Å². The number of hydrogen-bond acceptors (Lipinski definition) is 4. The van der Waals surface area contributed by atoms with E-state index in [1.54, 1.807) is 18.3 Å². The van der Waals surface area contributed by atoms with Crippen LogP contribution in [0.3, 0.4) is 0 Å². The maximum atomic E-state index is 11.7. The van der Waals surface area contributed by atoms with E-state index >= 15 is 0 Å². The van der Waals surface area contributed by atoms with Gasteiger partial charge in [-0.3, -0.25) is 9.69 Å². The summed E-state index contributed by atoms with van der Waals surface area (Å²) in [6.45, 7) is 7.56. The number of hydrogen-bond donors (Lipinski definition) is 0. The molecule has 2 fully saturated rings. The molecule has 150 valence electrons. The third kappa shape index (κ3) is 4.76. The number of likely N-dealkylation sites (tertiary alicyclic amines) is 2. The second-order valence-electron chi connectivity index (χ2n) is 8.22. The number of nitrogens with zero attached hydrogens (tertiary/aromatic N) is 2. The summed E-state index contributed by atoms with van der Waals surface area (Å²) in [7, 11) is 0. The monoisotopic (exact) mass is 398 g/mol. The molecule has 1 aromatic heterocycles. The van der Waals surface area contributed by atoms with Crippen LogP contribution >= 0.6 is 11.3 Å². The predicted octanol–water partition coefficient (Wildman–Crippen LogP) is 4.13. The Labute approximate surface area is 172 Å². The van der Waals surface area contributed by atoms with Crippen LogP contribution in [0.25, 0.3) is 0 Å². The van der Waals surface area contributed by atoms with Gasteiger partial charge in [0.25, 0.3) is 0 Å². The molecular weight excluding hydrogens is 368 g/mol. The van der Waals surface area contributed by atoms with Gasteiger partial charge in [0.05, 0.1) is 6.61 Å². The number of carbonyl (C=O) groups is 1. The van der Waals surface area contributed by atoms with Crippen molar-refractivity contribution in [1.29, 1.82) is 0 Å². The average molecular weight is 399 g/mol. The van der Waals surface area contributed by atoms with Crippen LogP contribution in [0, 0.1) is 17.8 Å². The van der Waals surface area contributed by atoms with Crippen LogP contribution in [0.4, 0.5) is 0 Å². The van der Waals surface area contributed by atoms with Crippen LogP contribution in [0.5, 0.6) is 5.75 Å². The molecule has 1 amide bonds. The van der Waals surface area contributed by atoms with Gasteiger partial charge in [-0.05, 0) is 59.2 Å². The molecule has 1 aromatic carbocycles. The smallest absolute Gasteiger partial charge is 0.219 e. The quantitative estimate of drug-likeness (QED) is 0.733. The van der Waals surface area contributed by atoms with E-state index in [0.29, 0.717) is 17.8 Å². The summed E-state index contributed by atoms with van der Waals surface area (Å²) in [6, 6.07) is 12.4. The molecule has 5 heteroatoms. The summed E-state index contributed by atoms with van der Waals surface area (Å²) in [5.74, 6) is 3.06. The highest BCUT2D eigenvalue weighted by Gasteiger charge is 2.39. The van der Waals surface area contributed by atoms with Crippen molar-refractivity contribution in [2.24, 2.45) is 17.8 Å². The fourth-order valence-corrected chi connectivity index (χ4v) is 5.49. The molecule has 0 unspecified atom stereocenters. The first-order valence-electron chi connectivity index (χ1n) is 10.4. The van der Waals surface area contributed by atoms with Crippen molar-refractivity contribution in [2.75, 3.05) is 32.8 Å². The molecule has 0 spiro atoms. The van der Waals surface area contributed by atoms with Crippen LogP contribution in [0.2, 0.25) is 0 Å². The minimum atomic E-state index is 0.216. The second kappa shape index (κ2) is 9.10. The first-order valence-corrected chi connectivity index (χ1v) is 11.3. The van der Waals surface area contributed by atoms with Gasteiger partial charge in [-0.25, -0.2) is 0 Å². The van der Waals surface area contributed by atoms with E-state index in [9.17, 15) is 4.79 Å². The predicted molar refractivity (Wildman–Crippen MR) is 113 cm³/mol. The van der Waals surface area contributed by atoms with Gasteiger partial charge < -0.3 is 9.64 Å². The van der Waals surface area contributed by atoms with Crippen molar-refractivity contribution >= 4 is 17.2 Å². The second-order valence-corrected chi connectivity index (χ2v) is 9.00. The number of carbonyl (C=O) groups excluding carboxylic acids is 1. The Hall–Kier alpha value is -1.85. The third-order valence-corrected chi connectivity index (χ3v) is 7.08. The van der Waals surface area contributed by atoms with Crippen LogP contribution in [0.1, 0.15) is 25.3 Å². The van der Waals surface area contributed by atoms with Crippen LogP contribution in [0.15, 0.2) is 47.2 Å². The fourth-order valence-electron chi connectivity index (χ4n) is 4.83. The summed E-state index contributed by atoms with van der Waals surface area (Å²) in [4.78, 5) is 16.3. The summed E-state index contributed by atoms with van der Waals surface area (Å²) < 4.78 is 6.16. The van der Waals surface area contributed by atoms with Gasteiger partial charge in [-0.15, -0.1) is 0 Å². The van der Waals surface area contributed by atoms with Crippen LogP contribution in [-0.4, -0.2) is 48.5 Å². The lowest BCUT2D eigenvalue weighted by Crippen LogP contribution is -2.40. The molecule has 2 atom stereocenters. The minimum Gasteiger partial charge on any atom is -0.493 e. The molecule has 2 saturated heterocycles. The van der Waals surface area contributed by atoms with Gasteiger partial charge in [0.1, 0.15) is 5.75 Å². The molecule has 0 bridgehead atoms. The minimum absolute atomic E-state index is 0.216. The van der Waals surface area contributed by atoms with Crippen molar-refractivity contribution in [3.05, 3.63) is 52.7 Å². The van der Waals surface area contributed by atoms with Crippen LogP contribution in [-0.2, 0) is 11.3 Å². The Kier molecular flexibility index (Phi) is 6.33. The Morgan fingerprint density at radius 3 is 2.61 bits per heavy atom. The van der Waals surface area contributed by atoms with E-state index in [0.717, 1.165) is 57.9 Å². The molecule has 2 aromatic rings. The molecule has 4 rings (SSSR count). The zero-order valence-corrected chi connectivity index (χ0v) is 17.4. The number of ether oxygens (including phenoxy) is 1. The molecule has 28 heavy (non-hydrogen) atoms. The average Bonchev–Trinajstić information content (AvgIpc) is 3.37. The molecule has 0 aliphatic carbocycles. The summed E-state index contributed by atoms with van der Waals surface area (Å²) in [6.07, 6.45) is 2.25. The lowest BCUT2D eigenvalue weighted by Gasteiger charge is -2.36. The largest absolute Gasteiger partial charge is 0.493 e. The van der Waals surface area contributed by atoms with Crippen LogP contribution < -0.4 is 4.74 Å². The van der Waals surface area contributed by atoms with E-state index in [4.69, 9.17) is 4.74 Å². The van der Waals surface area contributed by atoms with Gasteiger partial charge in [0, 0.05) is 45.6 Å². The summed E-state index contributed by atoms with van der Waals surface area (Å²) in [5.41, 5.74) is 1.42. The maximum absolute atomic E-state index is 11.7. The normalized spacial score (nSPS) is 23.8. The Morgan fingerprint density at radius 2 is 1.93 bits per heavy atom. The summed E-state index contributed by atoms with van der Waals surface area (Å²) >= 11 is 1.77. The number of amides is 1. The standard InChI is InChI=1S/C23H30N2O2S/c1-18(26)25-10-7-20(8-11-25)23-15-24(13-19-9-12-28-17-19)14-21(23)16-27-22-5-3-2-4-6-22/h2-6,9,12,17,20-21,23H,7-8,10-11,13-16H2,1H3/t21-,23-/m0/s1. The SMILES string of the molecule is CC(=O)N1CCC([C@@H]2CN(Cc3ccsc3)C[C@H]2COc2ccccc2)CC1. The van der Waals surface area contributed by atoms with Gasteiger partial charge in [-0.2, -0.15) is 11.3 Å². The molecular formula is C23H30N2O2S.